The lowest BCUT2D eigenvalue weighted by molar-refractivity contribution is 0.183. The van der Waals surface area contributed by atoms with Crippen LogP contribution < -0.4 is 20.1 Å². The third-order valence-electron chi connectivity index (χ3n) is 5.08. The molecule has 0 bridgehead atoms. The molecule has 1 unspecified atom stereocenters. The zero-order chi connectivity index (χ0) is 21.2. The standard InChI is InChI=1S/C22H38N4O3/c1-6-23-22(25-18-7-9-26(10-8-18)15-16(2)3)24-14-21(27)17-11-19(28-4)13-20(12-17)29-5/h11-13,16,18,21,27H,6-10,14-15H2,1-5H3,(H2,23,24,25). The van der Waals surface area contributed by atoms with Crippen LogP contribution in [0.1, 0.15) is 45.3 Å². The maximum atomic E-state index is 10.6. The predicted molar refractivity (Wildman–Crippen MR) is 118 cm³/mol. The van der Waals surface area contributed by atoms with Crippen LogP contribution in [0.5, 0.6) is 11.5 Å². The molecule has 1 aliphatic rings. The highest BCUT2D eigenvalue weighted by Gasteiger charge is 2.20. The van der Waals surface area contributed by atoms with E-state index in [0.717, 1.165) is 50.5 Å². The summed E-state index contributed by atoms with van der Waals surface area (Å²) in [5.74, 6) is 2.76. The molecule has 29 heavy (non-hydrogen) atoms. The van der Waals surface area contributed by atoms with Crippen LogP contribution in [0.4, 0.5) is 0 Å². The first-order valence-electron chi connectivity index (χ1n) is 10.6. The summed E-state index contributed by atoms with van der Waals surface area (Å²) in [6.45, 7) is 11.0. The Balaban J connectivity index is 1.95. The smallest absolute Gasteiger partial charge is 0.191 e. The molecule has 3 N–H and O–H groups in total. The van der Waals surface area contributed by atoms with Gasteiger partial charge >= 0.3 is 0 Å². The molecule has 0 aromatic heterocycles. The van der Waals surface area contributed by atoms with Crippen molar-refractivity contribution in [2.45, 2.75) is 45.8 Å². The first-order chi connectivity index (χ1) is 13.9. The van der Waals surface area contributed by atoms with Crippen molar-refractivity contribution in [3.05, 3.63) is 23.8 Å². The molecule has 0 aliphatic carbocycles. The Hall–Kier alpha value is -1.99. The minimum Gasteiger partial charge on any atom is -0.497 e. The lowest BCUT2D eigenvalue weighted by Gasteiger charge is -2.34. The van der Waals surface area contributed by atoms with Gasteiger partial charge in [0.1, 0.15) is 11.5 Å². The maximum absolute atomic E-state index is 10.6. The van der Waals surface area contributed by atoms with Crippen LogP contribution >= 0.6 is 0 Å². The molecule has 7 heteroatoms. The van der Waals surface area contributed by atoms with Crippen LogP contribution in [0.3, 0.4) is 0 Å². The summed E-state index contributed by atoms with van der Waals surface area (Å²) in [6, 6.07) is 5.82. The average Bonchev–Trinajstić information content (AvgIpc) is 2.72. The molecule has 0 amide bonds. The number of aliphatic hydroxyl groups is 1. The van der Waals surface area contributed by atoms with E-state index in [9.17, 15) is 5.11 Å². The molecule has 7 nitrogen and oxygen atoms in total. The Morgan fingerprint density at radius 1 is 1.17 bits per heavy atom. The molecule has 1 aromatic rings. The molecule has 1 atom stereocenters. The van der Waals surface area contributed by atoms with Gasteiger partial charge in [0.05, 0.1) is 26.9 Å². The molecule has 164 valence electrons. The van der Waals surface area contributed by atoms with Crippen LogP contribution in [0.25, 0.3) is 0 Å². The molecular weight excluding hydrogens is 368 g/mol. The molecular formula is C22H38N4O3. The number of benzene rings is 1. The van der Waals surface area contributed by atoms with Crippen LogP contribution in [-0.4, -0.2) is 69.0 Å². The van der Waals surface area contributed by atoms with Gasteiger partial charge in [0.2, 0.25) is 0 Å². The summed E-state index contributed by atoms with van der Waals surface area (Å²) in [7, 11) is 3.20. The Kier molecular flexibility index (Phi) is 9.54. The van der Waals surface area contributed by atoms with Gasteiger partial charge in [-0.2, -0.15) is 0 Å². The quantitative estimate of drug-likeness (QED) is 0.432. The van der Waals surface area contributed by atoms with Crippen LogP contribution in [-0.2, 0) is 0 Å². The van der Waals surface area contributed by atoms with Crippen molar-refractivity contribution in [1.29, 1.82) is 0 Å². The number of nitrogens with zero attached hydrogens (tertiary/aromatic N) is 2. The molecule has 0 spiro atoms. The van der Waals surface area contributed by atoms with Crippen molar-refractivity contribution >= 4 is 5.96 Å². The fraction of sp³-hybridized carbons (Fsp3) is 0.682. The number of hydrogen-bond acceptors (Lipinski definition) is 5. The number of hydrogen-bond donors (Lipinski definition) is 3. The second-order valence-electron chi connectivity index (χ2n) is 7.99. The normalized spacial score (nSPS) is 17.3. The maximum Gasteiger partial charge on any atom is 0.191 e. The van der Waals surface area contributed by atoms with Gasteiger partial charge in [-0.05, 0) is 43.4 Å². The van der Waals surface area contributed by atoms with Crippen LogP contribution in [0.15, 0.2) is 23.2 Å². The van der Waals surface area contributed by atoms with Crippen molar-refractivity contribution in [3.8, 4) is 11.5 Å². The number of aliphatic imine (C=N–C) groups is 1. The van der Waals surface area contributed by atoms with E-state index < -0.39 is 6.10 Å². The van der Waals surface area contributed by atoms with Crippen molar-refractivity contribution in [3.63, 3.8) is 0 Å². The fourth-order valence-electron chi connectivity index (χ4n) is 3.59. The van der Waals surface area contributed by atoms with Gasteiger partial charge in [-0.25, -0.2) is 0 Å². The molecule has 0 radical (unpaired) electrons. The van der Waals surface area contributed by atoms with E-state index >= 15 is 0 Å². The molecule has 1 aliphatic heterocycles. The predicted octanol–water partition coefficient (Wildman–Crippen LogP) is 2.41. The van der Waals surface area contributed by atoms with Crippen molar-refractivity contribution < 1.29 is 14.6 Å². The van der Waals surface area contributed by atoms with Gasteiger partial charge in [-0.1, -0.05) is 13.8 Å². The average molecular weight is 407 g/mol. The summed E-state index contributed by atoms with van der Waals surface area (Å²) in [6.07, 6.45) is 1.47. The van der Waals surface area contributed by atoms with E-state index in [0.29, 0.717) is 23.5 Å². The lowest BCUT2D eigenvalue weighted by Crippen LogP contribution is -2.49. The first kappa shape index (κ1) is 23.3. The summed E-state index contributed by atoms with van der Waals surface area (Å²) in [5.41, 5.74) is 0.725. The zero-order valence-electron chi connectivity index (χ0n) is 18.6. The van der Waals surface area contributed by atoms with Crippen LogP contribution in [0.2, 0.25) is 0 Å². The summed E-state index contributed by atoms with van der Waals surface area (Å²) >= 11 is 0. The van der Waals surface area contributed by atoms with Crippen LogP contribution in [0, 0.1) is 5.92 Å². The third-order valence-corrected chi connectivity index (χ3v) is 5.08. The van der Waals surface area contributed by atoms with Crippen molar-refractivity contribution in [2.75, 3.05) is 46.9 Å². The lowest BCUT2D eigenvalue weighted by atomic mass is 10.0. The molecule has 1 saturated heterocycles. The summed E-state index contributed by atoms with van der Waals surface area (Å²) in [5, 5.41) is 17.4. The molecule has 2 rings (SSSR count). The highest BCUT2D eigenvalue weighted by Crippen LogP contribution is 2.26. The van der Waals surface area contributed by atoms with E-state index in [2.05, 4.69) is 34.4 Å². The topological polar surface area (TPSA) is 78.4 Å². The zero-order valence-corrected chi connectivity index (χ0v) is 18.6. The minimum atomic E-state index is -0.734. The van der Waals surface area contributed by atoms with Gasteiger partial charge in [0.15, 0.2) is 5.96 Å². The Morgan fingerprint density at radius 2 is 1.79 bits per heavy atom. The largest absolute Gasteiger partial charge is 0.497 e. The second kappa shape index (κ2) is 11.9. The molecule has 1 heterocycles. The van der Waals surface area contributed by atoms with Gasteiger partial charge < -0.3 is 30.1 Å². The number of rotatable bonds is 9. The summed E-state index contributed by atoms with van der Waals surface area (Å²) in [4.78, 5) is 7.15. The van der Waals surface area contributed by atoms with Gasteiger partial charge in [-0.3, -0.25) is 4.99 Å². The number of methoxy groups -OCH3 is 2. The van der Waals surface area contributed by atoms with Gasteiger partial charge in [0.25, 0.3) is 0 Å². The number of guanidine groups is 1. The number of piperidine rings is 1. The van der Waals surface area contributed by atoms with Crippen molar-refractivity contribution in [2.24, 2.45) is 10.9 Å². The van der Waals surface area contributed by atoms with E-state index in [4.69, 9.17) is 9.47 Å². The monoisotopic (exact) mass is 406 g/mol. The van der Waals surface area contributed by atoms with Gasteiger partial charge in [0, 0.05) is 38.3 Å². The number of ether oxygens (including phenoxy) is 2. The molecule has 1 aromatic carbocycles. The number of aliphatic hydroxyl groups excluding tert-OH is 1. The minimum absolute atomic E-state index is 0.262. The highest BCUT2D eigenvalue weighted by molar-refractivity contribution is 5.80. The van der Waals surface area contributed by atoms with E-state index in [1.807, 2.05) is 19.1 Å². The molecule has 0 saturated carbocycles. The third kappa shape index (κ3) is 7.74. The highest BCUT2D eigenvalue weighted by atomic mass is 16.5. The fourth-order valence-corrected chi connectivity index (χ4v) is 3.59. The second-order valence-corrected chi connectivity index (χ2v) is 7.99. The Morgan fingerprint density at radius 3 is 2.31 bits per heavy atom. The van der Waals surface area contributed by atoms with E-state index in [1.165, 1.54) is 0 Å². The summed E-state index contributed by atoms with van der Waals surface area (Å²) < 4.78 is 10.6. The molecule has 1 fully saturated rings. The Labute approximate surface area is 175 Å². The van der Waals surface area contributed by atoms with E-state index in [1.54, 1.807) is 20.3 Å². The van der Waals surface area contributed by atoms with Gasteiger partial charge in [-0.15, -0.1) is 0 Å². The SMILES string of the molecule is CCNC(=NCC(O)c1cc(OC)cc(OC)c1)NC1CCN(CC(C)C)CC1. The van der Waals surface area contributed by atoms with E-state index in [-0.39, 0.29) is 6.54 Å². The first-order valence-corrected chi connectivity index (χ1v) is 10.6. The van der Waals surface area contributed by atoms with Crippen molar-refractivity contribution in [1.82, 2.24) is 15.5 Å². The Bertz CT molecular complexity index is 621. The number of nitrogens with one attached hydrogen (secondary N) is 2. The number of likely N-dealkylation sites (tertiary alicyclic amines) is 1.